The van der Waals surface area contributed by atoms with Gasteiger partial charge in [-0.1, -0.05) is 17.7 Å². The van der Waals surface area contributed by atoms with Gasteiger partial charge in [0.2, 0.25) is 0 Å². The lowest BCUT2D eigenvalue weighted by Crippen LogP contribution is -2.23. The third-order valence-corrected chi connectivity index (χ3v) is 2.27. The summed E-state index contributed by atoms with van der Waals surface area (Å²) in [5, 5.41) is 3.72. The van der Waals surface area contributed by atoms with Crippen LogP contribution in [0, 0.1) is 6.92 Å². The Labute approximate surface area is 89.0 Å². The van der Waals surface area contributed by atoms with Gasteiger partial charge >= 0.3 is 0 Å². The van der Waals surface area contributed by atoms with Gasteiger partial charge in [0.1, 0.15) is 0 Å². The van der Waals surface area contributed by atoms with Crippen molar-refractivity contribution in [3.05, 3.63) is 28.8 Å². The minimum absolute atomic E-state index is 0.415. The van der Waals surface area contributed by atoms with Crippen LogP contribution in [0.4, 0.5) is 5.69 Å². The van der Waals surface area contributed by atoms with E-state index in [9.17, 15) is 0 Å². The molecule has 0 saturated carbocycles. The summed E-state index contributed by atoms with van der Waals surface area (Å²) in [6, 6.07) is 5.63. The molecule has 4 heteroatoms. The van der Waals surface area contributed by atoms with Gasteiger partial charge in [0.15, 0.2) is 5.96 Å². The van der Waals surface area contributed by atoms with E-state index in [-0.39, 0.29) is 0 Å². The highest BCUT2D eigenvalue weighted by atomic mass is 35.5. The van der Waals surface area contributed by atoms with Crippen LogP contribution in [-0.2, 0) is 0 Å². The van der Waals surface area contributed by atoms with Crippen LogP contribution in [0.5, 0.6) is 0 Å². The number of benzene rings is 1. The molecule has 0 spiro atoms. The lowest BCUT2D eigenvalue weighted by molar-refractivity contribution is 1.12. The van der Waals surface area contributed by atoms with E-state index >= 15 is 0 Å². The summed E-state index contributed by atoms with van der Waals surface area (Å²) in [4.78, 5) is 4.03. The van der Waals surface area contributed by atoms with Crippen LogP contribution in [0.25, 0.3) is 0 Å². The van der Waals surface area contributed by atoms with Crippen LogP contribution in [0.15, 0.2) is 23.2 Å². The lowest BCUT2D eigenvalue weighted by atomic mass is 10.2. The molecule has 0 aliphatic heterocycles. The third-order valence-electron chi connectivity index (χ3n) is 1.86. The van der Waals surface area contributed by atoms with E-state index in [0.29, 0.717) is 12.5 Å². The van der Waals surface area contributed by atoms with Crippen molar-refractivity contribution in [1.29, 1.82) is 0 Å². The molecule has 0 aliphatic rings. The summed E-state index contributed by atoms with van der Waals surface area (Å²) in [5.74, 6) is 0.415. The molecule has 0 amide bonds. The molecule has 1 aromatic carbocycles. The van der Waals surface area contributed by atoms with Crippen molar-refractivity contribution in [3.63, 3.8) is 0 Å². The van der Waals surface area contributed by atoms with E-state index in [4.69, 9.17) is 17.3 Å². The average Bonchev–Trinajstić information content (AvgIpc) is 2.13. The van der Waals surface area contributed by atoms with Gasteiger partial charge in [0.25, 0.3) is 0 Å². The van der Waals surface area contributed by atoms with Gasteiger partial charge in [0.05, 0.1) is 0 Å². The molecule has 14 heavy (non-hydrogen) atoms. The maximum absolute atomic E-state index is 5.95. The summed E-state index contributed by atoms with van der Waals surface area (Å²) < 4.78 is 0. The molecule has 0 aliphatic carbocycles. The number of nitrogens with two attached hydrogens (primary N) is 1. The molecule has 0 fully saturated rings. The molecular weight excluding hydrogens is 198 g/mol. The van der Waals surface area contributed by atoms with Gasteiger partial charge < -0.3 is 11.1 Å². The predicted molar refractivity (Wildman–Crippen MR) is 62.0 cm³/mol. The van der Waals surface area contributed by atoms with Gasteiger partial charge in [-0.05, 0) is 31.5 Å². The first-order chi connectivity index (χ1) is 6.65. The molecule has 0 bridgehead atoms. The van der Waals surface area contributed by atoms with Gasteiger partial charge in [-0.2, -0.15) is 0 Å². The second-order valence-corrected chi connectivity index (χ2v) is 3.30. The van der Waals surface area contributed by atoms with E-state index in [1.54, 1.807) is 0 Å². The Morgan fingerprint density at radius 1 is 1.57 bits per heavy atom. The maximum Gasteiger partial charge on any atom is 0.193 e. The second-order valence-electron chi connectivity index (χ2n) is 2.90. The highest BCUT2D eigenvalue weighted by Crippen LogP contribution is 2.22. The highest BCUT2D eigenvalue weighted by Gasteiger charge is 2.01. The van der Waals surface area contributed by atoms with Gasteiger partial charge in [-0.15, -0.1) is 0 Å². The molecule has 0 atom stereocenters. The zero-order chi connectivity index (χ0) is 10.6. The van der Waals surface area contributed by atoms with Crippen molar-refractivity contribution in [2.45, 2.75) is 13.8 Å². The quantitative estimate of drug-likeness (QED) is 0.583. The molecule has 0 aromatic heterocycles. The molecule has 3 N–H and O–H groups in total. The smallest absolute Gasteiger partial charge is 0.193 e. The Bertz CT molecular complexity index is 347. The van der Waals surface area contributed by atoms with Crippen molar-refractivity contribution < 1.29 is 0 Å². The van der Waals surface area contributed by atoms with Crippen LogP contribution in [0.2, 0.25) is 5.02 Å². The number of aliphatic imine (C=N–C) groups is 1. The Morgan fingerprint density at radius 2 is 2.29 bits per heavy atom. The zero-order valence-electron chi connectivity index (χ0n) is 8.34. The molecule has 3 nitrogen and oxygen atoms in total. The number of nitrogens with zero attached hydrogens (tertiary/aromatic N) is 1. The summed E-state index contributed by atoms with van der Waals surface area (Å²) in [5.41, 5.74) is 7.50. The van der Waals surface area contributed by atoms with Crippen LogP contribution in [0.3, 0.4) is 0 Å². The fraction of sp³-hybridized carbons (Fsp3) is 0.300. The van der Waals surface area contributed by atoms with Gasteiger partial charge in [-0.25, -0.2) is 0 Å². The minimum atomic E-state index is 0.415. The van der Waals surface area contributed by atoms with E-state index < -0.39 is 0 Å². The van der Waals surface area contributed by atoms with Crippen LogP contribution >= 0.6 is 11.6 Å². The number of hydrogen-bond donors (Lipinski definition) is 2. The van der Waals surface area contributed by atoms with Crippen LogP contribution < -0.4 is 11.1 Å². The molecule has 76 valence electrons. The number of guanidine groups is 1. The molecular formula is C10H14ClN3. The molecule has 0 saturated heterocycles. The van der Waals surface area contributed by atoms with Crippen molar-refractivity contribution in [1.82, 2.24) is 0 Å². The number of nitrogens with one attached hydrogen (secondary N) is 1. The Morgan fingerprint density at radius 3 is 2.93 bits per heavy atom. The van der Waals surface area contributed by atoms with Crippen molar-refractivity contribution in [2.24, 2.45) is 10.7 Å². The summed E-state index contributed by atoms with van der Waals surface area (Å²) in [6.45, 7) is 4.53. The fourth-order valence-electron chi connectivity index (χ4n) is 1.09. The van der Waals surface area contributed by atoms with Crippen molar-refractivity contribution >= 4 is 23.2 Å². The lowest BCUT2D eigenvalue weighted by Gasteiger charge is -2.09. The Hall–Kier alpha value is -1.22. The zero-order valence-corrected chi connectivity index (χ0v) is 9.10. The average molecular weight is 212 g/mol. The SMILES string of the molecule is CCN=C(N)Nc1cccc(Cl)c1C. The minimum Gasteiger partial charge on any atom is -0.370 e. The normalized spacial score (nSPS) is 11.5. The van der Waals surface area contributed by atoms with E-state index in [2.05, 4.69) is 10.3 Å². The van der Waals surface area contributed by atoms with Crippen molar-refractivity contribution in [2.75, 3.05) is 11.9 Å². The first kappa shape index (κ1) is 10.9. The Kier molecular flexibility index (Phi) is 3.77. The predicted octanol–water partition coefficient (Wildman–Crippen LogP) is 2.39. The topological polar surface area (TPSA) is 50.4 Å². The molecule has 1 aromatic rings. The third kappa shape index (κ3) is 2.64. The number of halogens is 1. The van der Waals surface area contributed by atoms with Gasteiger partial charge in [0, 0.05) is 17.3 Å². The molecule has 0 radical (unpaired) electrons. The molecule has 0 unspecified atom stereocenters. The monoisotopic (exact) mass is 211 g/mol. The number of rotatable bonds is 2. The van der Waals surface area contributed by atoms with Crippen molar-refractivity contribution in [3.8, 4) is 0 Å². The summed E-state index contributed by atoms with van der Waals surface area (Å²) >= 11 is 5.95. The molecule has 0 heterocycles. The first-order valence-electron chi connectivity index (χ1n) is 4.47. The maximum atomic E-state index is 5.95. The Balaban J connectivity index is 2.87. The second kappa shape index (κ2) is 4.86. The summed E-state index contributed by atoms with van der Waals surface area (Å²) in [7, 11) is 0. The van der Waals surface area contributed by atoms with E-state index in [1.165, 1.54) is 0 Å². The number of hydrogen-bond acceptors (Lipinski definition) is 1. The van der Waals surface area contributed by atoms with Crippen LogP contribution in [0.1, 0.15) is 12.5 Å². The molecule has 1 rings (SSSR count). The van der Waals surface area contributed by atoms with Gasteiger partial charge in [-0.3, -0.25) is 4.99 Å². The van der Waals surface area contributed by atoms with E-state index in [1.807, 2.05) is 32.0 Å². The van der Waals surface area contributed by atoms with Crippen LogP contribution in [-0.4, -0.2) is 12.5 Å². The summed E-state index contributed by atoms with van der Waals surface area (Å²) in [6.07, 6.45) is 0. The van der Waals surface area contributed by atoms with E-state index in [0.717, 1.165) is 16.3 Å². The first-order valence-corrected chi connectivity index (χ1v) is 4.85. The standard InChI is InChI=1S/C10H14ClN3/c1-3-13-10(12)14-9-6-4-5-8(11)7(9)2/h4-6H,3H2,1-2H3,(H3,12,13,14). The fourth-order valence-corrected chi connectivity index (χ4v) is 1.27. The number of anilines is 1. The largest absolute Gasteiger partial charge is 0.370 e. The highest BCUT2D eigenvalue weighted by molar-refractivity contribution is 6.31.